The molecular weight excluding hydrogens is 381 g/mol. The minimum atomic E-state index is 0.00919. The molecule has 0 spiro atoms. The Hall–Kier alpha value is -0.260. The van der Waals surface area contributed by atoms with Gasteiger partial charge in [0.05, 0.1) is 0 Å². The van der Waals surface area contributed by atoms with Crippen LogP contribution in [-0.4, -0.2) is 7.05 Å². The first-order chi connectivity index (χ1) is 9.58. The largest absolute Gasteiger partial charge is 0.484 e. The molecule has 1 N–H and O–H groups in total. The van der Waals surface area contributed by atoms with Gasteiger partial charge in [-0.1, -0.05) is 23.2 Å². The number of nitrogens with one attached hydrogen (secondary N) is 1. The maximum Gasteiger partial charge on any atom is 0.135 e. The van der Waals surface area contributed by atoms with E-state index in [2.05, 4.69) is 21.2 Å². The van der Waals surface area contributed by atoms with Crippen molar-refractivity contribution in [3.8, 4) is 5.75 Å². The average Bonchev–Trinajstić information content (AvgIpc) is 2.77. The summed E-state index contributed by atoms with van der Waals surface area (Å²) in [6.45, 7) is 0. The van der Waals surface area contributed by atoms with Gasteiger partial charge >= 0.3 is 0 Å². The Morgan fingerprint density at radius 3 is 2.80 bits per heavy atom. The van der Waals surface area contributed by atoms with E-state index in [4.69, 9.17) is 27.9 Å². The van der Waals surface area contributed by atoms with Gasteiger partial charge in [-0.15, -0.1) is 11.3 Å². The lowest BCUT2D eigenvalue weighted by atomic mass is 9.96. The van der Waals surface area contributed by atoms with Gasteiger partial charge < -0.3 is 10.1 Å². The highest BCUT2D eigenvalue weighted by molar-refractivity contribution is 9.10. The first kappa shape index (κ1) is 14.7. The zero-order valence-electron chi connectivity index (χ0n) is 10.6. The molecule has 6 heteroatoms. The Balaban J connectivity index is 1.96. The maximum atomic E-state index is 6.12. The highest BCUT2D eigenvalue weighted by Gasteiger charge is 2.30. The second-order valence-electron chi connectivity index (χ2n) is 4.64. The van der Waals surface area contributed by atoms with Crippen molar-refractivity contribution < 1.29 is 4.74 Å². The first-order valence-electron chi connectivity index (χ1n) is 6.16. The number of hydrogen-bond donors (Lipinski definition) is 1. The average molecular weight is 393 g/mol. The topological polar surface area (TPSA) is 21.3 Å². The summed E-state index contributed by atoms with van der Waals surface area (Å²) in [5.74, 6) is 0.880. The lowest BCUT2D eigenvalue weighted by Crippen LogP contribution is -2.26. The normalized spacial score (nSPS) is 21.4. The van der Waals surface area contributed by atoms with Crippen LogP contribution in [0.1, 0.15) is 29.0 Å². The second-order valence-corrected chi connectivity index (χ2v) is 7.61. The monoisotopic (exact) mass is 391 g/mol. The summed E-state index contributed by atoms with van der Waals surface area (Å²) < 4.78 is 7.78. The summed E-state index contributed by atoms with van der Waals surface area (Å²) in [6.07, 6.45) is 0.863. The number of hydrogen-bond acceptors (Lipinski definition) is 3. The molecule has 106 valence electrons. The Morgan fingerprint density at radius 1 is 1.35 bits per heavy atom. The summed E-state index contributed by atoms with van der Waals surface area (Å²) in [5.41, 5.74) is 1.11. The molecule has 2 unspecified atom stereocenters. The van der Waals surface area contributed by atoms with E-state index in [1.165, 1.54) is 0 Å². The fourth-order valence-electron chi connectivity index (χ4n) is 2.41. The number of benzene rings is 1. The van der Waals surface area contributed by atoms with E-state index in [9.17, 15) is 0 Å². The van der Waals surface area contributed by atoms with Crippen molar-refractivity contribution in [1.82, 2.24) is 5.32 Å². The van der Waals surface area contributed by atoms with Crippen molar-refractivity contribution in [3.05, 3.63) is 48.5 Å². The first-order valence-corrected chi connectivity index (χ1v) is 8.53. The third kappa shape index (κ3) is 2.72. The van der Waals surface area contributed by atoms with Crippen LogP contribution in [-0.2, 0) is 0 Å². The molecule has 0 saturated heterocycles. The number of fused-ring (bicyclic) bond motifs is 1. The van der Waals surface area contributed by atoms with E-state index < -0.39 is 0 Å². The highest BCUT2D eigenvalue weighted by atomic mass is 79.9. The maximum absolute atomic E-state index is 6.12. The highest BCUT2D eigenvalue weighted by Crippen LogP contribution is 2.45. The van der Waals surface area contributed by atoms with Crippen molar-refractivity contribution in [1.29, 1.82) is 0 Å². The standard InChI is InChI=1S/C14H12BrCl2NOS/c1-18-10-6-12(13-5-9(15)14(17)20-13)19-11-3-2-7(16)4-8(10)11/h2-5,10,12,18H,6H2,1H3. The molecule has 1 aliphatic heterocycles. The van der Waals surface area contributed by atoms with Crippen LogP contribution in [0.15, 0.2) is 28.7 Å². The van der Waals surface area contributed by atoms with Gasteiger partial charge in [-0.25, -0.2) is 0 Å². The molecule has 0 radical (unpaired) electrons. The molecule has 1 aromatic heterocycles. The van der Waals surface area contributed by atoms with E-state index in [-0.39, 0.29) is 12.1 Å². The van der Waals surface area contributed by atoms with Crippen LogP contribution in [0.5, 0.6) is 5.75 Å². The Morgan fingerprint density at radius 2 is 2.15 bits per heavy atom. The molecule has 0 saturated carbocycles. The summed E-state index contributed by atoms with van der Waals surface area (Å²) in [6, 6.07) is 8.00. The van der Waals surface area contributed by atoms with Crippen molar-refractivity contribution in [3.63, 3.8) is 0 Å². The van der Waals surface area contributed by atoms with E-state index in [0.29, 0.717) is 0 Å². The van der Waals surface area contributed by atoms with Crippen LogP contribution in [0.4, 0.5) is 0 Å². The molecule has 2 aromatic rings. The molecule has 0 fully saturated rings. The molecule has 0 amide bonds. The number of ether oxygens (including phenoxy) is 1. The van der Waals surface area contributed by atoms with Crippen LogP contribution in [0, 0.1) is 0 Å². The predicted octanol–water partition coefficient (Wildman–Crippen LogP) is 5.60. The number of thiophene rings is 1. The van der Waals surface area contributed by atoms with Gasteiger partial charge in [-0.3, -0.25) is 0 Å². The predicted molar refractivity (Wildman–Crippen MR) is 88.3 cm³/mol. The summed E-state index contributed by atoms with van der Waals surface area (Å²) >= 11 is 17.2. The number of rotatable bonds is 2. The van der Waals surface area contributed by atoms with Crippen LogP contribution in [0.25, 0.3) is 0 Å². The molecule has 3 rings (SSSR count). The van der Waals surface area contributed by atoms with E-state index in [1.807, 2.05) is 31.3 Å². The zero-order chi connectivity index (χ0) is 14.3. The van der Waals surface area contributed by atoms with Gasteiger partial charge in [0, 0.05) is 32.4 Å². The lowest BCUT2D eigenvalue weighted by Gasteiger charge is -2.31. The third-order valence-corrected chi connectivity index (χ3v) is 6.20. The molecule has 1 aromatic carbocycles. The van der Waals surface area contributed by atoms with Crippen molar-refractivity contribution in [2.75, 3.05) is 7.05 Å². The van der Waals surface area contributed by atoms with Gasteiger partial charge in [0.25, 0.3) is 0 Å². The summed E-state index contributed by atoms with van der Waals surface area (Å²) in [4.78, 5) is 1.13. The van der Waals surface area contributed by atoms with Crippen molar-refractivity contribution in [2.45, 2.75) is 18.6 Å². The van der Waals surface area contributed by atoms with Crippen molar-refractivity contribution >= 4 is 50.5 Å². The molecular formula is C14H12BrCl2NOS. The summed E-state index contributed by atoms with van der Waals surface area (Å²) in [5, 5.41) is 4.06. The third-order valence-electron chi connectivity index (χ3n) is 3.40. The van der Waals surface area contributed by atoms with Crippen LogP contribution < -0.4 is 10.1 Å². The molecule has 0 bridgehead atoms. The van der Waals surface area contributed by atoms with Crippen molar-refractivity contribution in [2.24, 2.45) is 0 Å². The molecule has 2 heterocycles. The quantitative estimate of drug-likeness (QED) is 0.717. The molecule has 2 nitrogen and oxygen atoms in total. The molecule has 1 aliphatic rings. The number of halogens is 3. The van der Waals surface area contributed by atoms with Gasteiger partial charge in [0.1, 0.15) is 16.2 Å². The molecule has 0 aliphatic carbocycles. The van der Waals surface area contributed by atoms with E-state index >= 15 is 0 Å². The molecule has 20 heavy (non-hydrogen) atoms. The van der Waals surface area contributed by atoms with Gasteiger partial charge in [0.15, 0.2) is 0 Å². The minimum Gasteiger partial charge on any atom is -0.484 e. The van der Waals surface area contributed by atoms with Gasteiger partial charge in [-0.2, -0.15) is 0 Å². The summed E-state index contributed by atoms with van der Waals surface area (Å²) in [7, 11) is 1.95. The van der Waals surface area contributed by atoms with E-state index in [1.54, 1.807) is 11.3 Å². The Labute approximate surface area is 140 Å². The van der Waals surface area contributed by atoms with Crippen LogP contribution in [0.3, 0.4) is 0 Å². The Kier molecular flexibility index (Phi) is 4.29. The SMILES string of the molecule is CNC1CC(c2cc(Br)c(Cl)s2)Oc2ccc(Cl)cc21. The van der Waals surface area contributed by atoms with Gasteiger partial charge in [0.2, 0.25) is 0 Å². The smallest absolute Gasteiger partial charge is 0.135 e. The van der Waals surface area contributed by atoms with Crippen LogP contribution in [0.2, 0.25) is 9.36 Å². The second kappa shape index (κ2) is 5.85. The minimum absolute atomic E-state index is 0.00919. The van der Waals surface area contributed by atoms with E-state index in [0.717, 1.165) is 36.4 Å². The molecule has 2 atom stereocenters. The Bertz CT molecular complexity index is 627. The lowest BCUT2D eigenvalue weighted by molar-refractivity contribution is 0.157. The zero-order valence-corrected chi connectivity index (χ0v) is 14.5. The fourth-order valence-corrected chi connectivity index (χ4v) is 4.37. The van der Waals surface area contributed by atoms with Gasteiger partial charge in [-0.05, 0) is 47.2 Å². The fraction of sp³-hybridized carbons (Fsp3) is 0.286. The van der Waals surface area contributed by atoms with Crippen LogP contribution >= 0.6 is 50.5 Å².